The molecule has 232 valence electrons. The molecule has 3 N–H and O–H groups in total. The lowest BCUT2D eigenvalue weighted by Gasteiger charge is -2.34. The van der Waals surface area contributed by atoms with Crippen molar-refractivity contribution in [2.45, 2.75) is 26.2 Å². The Morgan fingerprint density at radius 1 is 0.723 bits per heavy atom. The number of rotatable bonds is 8. The van der Waals surface area contributed by atoms with E-state index < -0.39 is 0 Å². The van der Waals surface area contributed by atoms with Crippen molar-refractivity contribution in [2.75, 3.05) is 0 Å². The minimum Gasteiger partial charge on any atom is -0.398 e. The Hall–Kier alpha value is -5.73. The summed E-state index contributed by atoms with van der Waals surface area (Å²) in [6.07, 6.45) is 8.68. The second-order valence-electron chi connectivity index (χ2n) is 11.8. The summed E-state index contributed by atoms with van der Waals surface area (Å²) in [6.45, 7) is 13.2. The molecule has 0 atom stereocenters. The van der Waals surface area contributed by atoms with Gasteiger partial charge in [0.25, 0.3) is 0 Å². The molecule has 0 amide bonds. The number of nitrogens with two attached hydrogens (primary N) is 1. The predicted octanol–water partition coefficient (Wildman–Crippen LogP) is 11.1. The molecule has 2 nitrogen and oxygen atoms in total. The smallest absolute Gasteiger partial charge is 0.0713 e. The number of benzene rings is 5. The number of nitrogens with one attached hydrogen (secondary N) is 1. The van der Waals surface area contributed by atoms with E-state index in [1.54, 1.807) is 24.3 Å². The fourth-order valence-electron chi connectivity index (χ4n) is 6.38. The van der Waals surface area contributed by atoms with Crippen LogP contribution in [0.4, 0.5) is 0 Å². The van der Waals surface area contributed by atoms with Crippen LogP contribution < -0.4 is 5.73 Å². The molecule has 0 fully saturated rings. The van der Waals surface area contributed by atoms with E-state index in [1.165, 1.54) is 50.1 Å². The Morgan fingerprint density at radius 2 is 1.30 bits per heavy atom. The first-order chi connectivity index (χ1) is 22.8. The van der Waals surface area contributed by atoms with Crippen molar-refractivity contribution in [3.8, 4) is 22.3 Å². The van der Waals surface area contributed by atoms with Gasteiger partial charge < -0.3 is 11.1 Å². The van der Waals surface area contributed by atoms with Gasteiger partial charge in [-0.15, -0.1) is 0 Å². The van der Waals surface area contributed by atoms with Crippen molar-refractivity contribution in [1.29, 1.82) is 5.41 Å². The normalized spacial score (nSPS) is 13.3. The first-order valence-corrected chi connectivity index (χ1v) is 15.9. The lowest BCUT2D eigenvalue weighted by atomic mass is 9.67. The van der Waals surface area contributed by atoms with Crippen LogP contribution in [0.3, 0.4) is 0 Å². The molecule has 0 aliphatic heterocycles. The average Bonchev–Trinajstić information content (AvgIpc) is 3.40. The van der Waals surface area contributed by atoms with E-state index in [-0.39, 0.29) is 5.41 Å². The molecule has 0 bridgehead atoms. The van der Waals surface area contributed by atoms with Gasteiger partial charge >= 0.3 is 0 Å². The zero-order valence-electron chi connectivity index (χ0n) is 27.5. The maximum atomic E-state index is 7.69. The van der Waals surface area contributed by atoms with Crippen LogP contribution in [0.2, 0.25) is 0 Å². The zero-order chi connectivity index (χ0) is 33.4. The zero-order valence-corrected chi connectivity index (χ0v) is 27.5. The highest BCUT2D eigenvalue weighted by Crippen LogP contribution is 2.55. The fraction of sp³-hybridized carbons (Fsp3) is 0.0889. The number of allylic oxidation sites excluding steroid dienone is 7. The lowest BCUT2D eigenvalue weighted by Crippen LogP contribution is -2.28. The van der Waals surface area contributed by atoms with Crippen LogP contribution in [0.15, 0.2) is 188 Å². The van der Waals surface area contributed by atoms with Crippen LogP contribution in [0.1, 0.15) is 41.7 Å². The Morgan fingerprint density at radius 3 is 1.87 bits per heavy atom. The van der Waals surface area contributed by atoms with E-state index in [0.717, 1.165) is 5.57 Å². The molecular weight excluding hydrogens is 569 g/mol. The summed E-state index contributed by atoms with van der Waals surface area (Å²) in [7, 11) is 0. The molecule has 0 saturated carbocycles. The van der Waals surface area contributed by atoms with Gasteiger partial charge in [0.15, 0.2) is 0 Å². The van der Waals surface area contributed by atoms with Crippen molar-refractivity contribution in [2.24, 2.45) is 5.73 Å². The highest BCUT2D eigenvalue weighted by molar-refractivity contribution is 6.08. The van der Waals surface area contributed by atoms with Crippen molar-refractivity contribution >= 4 is 5.71 Å². The summed E-state index contributed by atoms with van der Waals surface area (Å²) >= 11 is 0. The summed E-state index contributed by atoms with van der Waals surface area (Å²) in [5.41, 5.74) is 19.7. The Balaban J connectivity index is 0.000000247. The summed E-state index contributed by atoms with van der Waals surface area (Å²) in [5, 5.41) is 7.69. The molecule has 0 spiro atoms. The standard InChI is InChI=1S/C32H24.C13H18N2/c1-23-10-9-11-25(22-23)24-18-20-27(21-19-24)32(26-12-3-2-4-13-26)30-16-7-5-14-28(30)29-15-6-8-17-31(29)32;1-5-7-10(3)12(14)9-13(15)11(4)8-6-2/h2-22H,1H3;5-9,15H,1,4,14H2,2-3H3/b;8-6-,10-7+,12-9-,15-13?. The van der Waals surface area contributed by atoms with Gasteiger partial charge in [-0.3, -0.25) is 0 Å². The molecule has 2 heteroatoms. The van der Waals surface area contributed by atoms with Gasteiger partial charge in [0.2, 0.25) is 0 Å². The van der Waals surface area contributed by atoms with Crippen molar-refractivity contribution in [3.63, 3.8) is 0 Å². The summed E-state index contributed by atoms with van der Waals surface area (Å²) in [5.74, 6) is 0. The molecule has 0 unspecified atom stereocenters. The van der Waals surface area contributed by atoms with Gasteiger partial charge in [-0.1, -0.05) is 170 Å². The van der Waals surface area contributed by atoms with Crippen LogP contribution in [0.5, 0.6) is 0 Å². The highest BCUT2D eigenvalue weighted by atomic mass is 14.6. The minimum atomic E-state index is -0.320. The molecule has 5 aromatic carbocycles. The fourth-order valence-corrected chi connectivity index (χ4v) is 6.38. The average molecular weight is 611 g/mol. The number of hydrogen-bond donors (Lipinski definition) is 2. The lowest BCUT2D eigenvalue weighted by molar-refractivity contribution is 0.768. The molecule has 0 aromatic heterocycles. The molecule has 0 radical (unpaired) electrons. The summed E-state index contributed by atoms with van der Waals surface area (Å²) < 4.78 is 0. The molecule has 6 rings (SSSR count). The topological polar surface area (TPSA) is 49.9 Å². The molecular formula is C45H42N2. The van der Waals surface area contributed by atoms with Crippen molar-refractivity contribution in [1.82, 2.24) is 0 Å². The molecule has 0 heterocycles. The van der Waals surface area contributed by atoms with Crippen LogP contribution in [0.25, 0.3) is 22.3 Å². The molecule has 0 saturated heterocycles. The maximum Gasteiger partial charge on any atom is 0.0713 e. The molecule has 1 aliphatic carbocycles. The largest absolute Gasteiger partial charge is 0.398 e. The van der Waals surface area contributed by atoms with Crippen LogP contribution in [0, 0.1) is 12.3 Å². The summed E-state index contributed by atoms with van der Waals surface area (Å²) in [4.78, 5) is 0. The third kappa shape index (κ3) is 6.64. The van der Waals surface area contributed by atoms with Gasteiger partial charge in [0.05, 0.1) is 11.1 Å². The third-order valence-electron chi connectivity index (χ3n) is 8.67. The quantitative estimate of drug-likeness (QED) is 0.131. The van der Waals surface area contributed by atoms with E-state index in [1.807, 2.05) is 19.9 Å². The van der Waals surface area contributed by atoms with Crippen LogP contribution >= 0.6 is 0 Å². The summed E-state index contributed by atoms with van der Waals surface area (Å²) in [6, 6.07) is 46.6. The monoisotopic (exact) mass is 610 g/mol. The van der Waals surface area contributed by atoms with E-state index in [4.69, 9.17) is 11.1 Å². The Bertz CT molecular complexity index is 1960. The Labute approximate surface area is 280 Å². The molecule has 47 heavy (non-hydrogen) atoms. The van der Waals surface area contributed by atoms with E-state index in [2.05, 4.69) is 147 Å². The van der Waals surface area contributed by atoms with Gasteiger partial charge in [-0.05, 0) is 82.5 Å². The van der Waals surface area contributed by atoms with Crippen molar-refractivity contribution in [3.05, 3.63) is 216 Å². The second-order valence-corrected chi connectivity index (χ2v) is 11.8. The van der Waals surface area contributed by atoms with E-state index in [0.29, 0.717) is 17.0 Å². The first-order valence-electron chi connectivity index (χ1n) is 15.9. The van der Waals surface area contributed by atoms with Crippen molar-refractivity contribution < 1.29 is 0 Å². The predicted molar refractivity (Wildman–Crippen MR) is 202 cm³/mol. The molecule has 1 aliphatic rings. The van der Waals surface area contributed by atoms with Gasteiger partial charge in [-0.2, -0.15) is 0 Å². The van der Waals surface area contributed by atoms with E-state index in [9.17, 15) is 0 Å². The Kier molecular flexibility index (Phi) is 10.1. The third-order valence-corrected chi connectivity index (χ3v) is 8.67. The second kappa shape index (κ2) is 14.6. The SMILES string of the molecule is C=C/C=C(C)/C(N)=C/C(=N)C(=C)/C=C\C.Cc1cccc(-c2ccc(C3(c4ccccc4)c4ccccc4-c4ccccc43)cc2)c1. The van der Waals surface area contributed by atoms with E-state index >= 15 is 0 Å². The highest BCUT2D eigenvalue weighted by Gasteiger charge is 2.45. The van der Waals surface area contributed by atoms with Crippen LogP contribution in [-0.2, 0) is 5.41 Å². The van der Waals surface area contributed by atoms with Crippen LogP contribution in [-0.4, -0.2) is 5.71 Å². The number of hydrogen-bond acceptors (Lipinski definition) is 2. The van der Waals surface area contributed by atoms with Gasteiger partial charge in [-0.25, -0.2) is 0 Å². The minimum absolute atomic E-state index is 0.320. The first kappa shape index (κ1) is 32.7. The number of aryl methyl sites for hydroxylation is 1. The van der Waals surface area contributed by atoms with Gasteiger partial charge in [0.1, 0.15) is 0 Å². The molecule has 5 aromatic rings. The maximum absolute atomic E-state index is 7.69. The number of fused-ring (bicyclic) bond motifs is 3. The van der Waals surface area contributed by atoms with Gasteiger partial charge in [0, 0.05) is 5.70 Å².